The summed E-state index contributed by atoms with van der Waals surface area (Å²) < 4.78 is 8.73. The van der Waals surface area contributed by atoms with Gasteiger partial charge in [-0.2, -0.15) is 0 Å². The van der Waals surface area contributed by atoms with E-state index in [1.165, 1.54) is 10.8 Å². The van der Waals surface area contributed by atoms with Crippen molar-refractivity contribution in [1.29, 1.82) is 0 Å². The van der Waals surface area contributed by atoms with Crippen molar-refractivity contribution < 1.29 is 4.42 Å². The van der Waals surface area contributed by atoms with E-state index >= 15 is 0 Å². The summed E-state index contributed by atoms with van der Waals surface area (Å²) in [5.74, 6) is 1.86. The SMILES string of the molecule is c1ccc(-c2nc(-c3cccc(-c4ccc5ccc6c7ccccc7oc6c5c4)c3)nc(-c3cccc(-n4c5ccccc5c5ccccc54)c3)n2)cc1. The molecule has 5 nitrogen and oxygen atoms in total. The molecule has 0 saturated carbocycles. The lowest BCUT2D eigenvalue weighted by atomic mass is 9.98. The fourth-order valence-electron chi connectivity index (χ4n) is 7.85. The van der Waals surface area contributed by atoms with Gasteiger partial charge in [-0.3, -0.25) is 0 Å². The average molecular weight is 691 g/mol. The highest BCUT2D eigenvalue weighted by Crippen LogP contribution is 2.37. The molecule has 0 fully saturated rings. The van der Waals surface area contributed by atoms with E-state index in [0.717, 1.165) is 77.2 Å². The van der Waals surface area contributed by atoms with Gasteiger partial charge in [0.25, 0.3) is 0 Å². The molecule has 0 aliphatic rings. The summed E-state index contributed by atoms with van der Waals surface area (Å²) in [7, 11) is 0. The fourth-order valence-corrected chi connectivity index (χ4v) is 7.85. The quantitative estimate of drug-likeness (QED) is 0.180. The van der Waals surface area contributed by atoms with Crippen molar-refractivity contribution in [3.63, 3.8) is 0 Å². The van der Waals surface area contributed by atoms with Crippen LogP contribution in [0.25, 0.3) is 105 Å². The van der Waals surface area contributed by atoms with Crippen LogP contribution in [0.1, 0.15) is 0 Å². The third-order valence-electron chi connectivity index (χ3n) is 10.4. The second-order valence-electron chi connectivity index (χ2n) is 13.6. The van der Waals surface area contributed by atoms with E-state index in [1.54, 1.807) is 0 Å². The van der Waals surface area contributed by atoms with Crippen LogP contribution in [0, 0.1) is 0 Å². The summed E-state index contributed by atoms with van der Waals surface area (Å²) in [4.78, 5) is 15.3. The van der Waals surface area contributed by atoms with Gasteiger partial charge in [0.15, 0.2) is 17.5 Å². The van der Waals surface area contributed by atoms with E-state index in [2.05, 4.69) is 144 Å². The minimum Gasteiger partial charge on any atom is -0.455 e. The topological polar surface area (TPSA) is 56.7 Å². The number of nitrogens with zero attached hydrogens (tertiary/aromatic N) is 4. The van der Waals surface area contributed by atoms with Crippen LogP contribution in [0.3, 0.4) is 0 Å². The Morgan fingerprint density at radius 3 is 1.67 bits per heavy atom. The maximum absolute atomic E-state index is 6.41. The molecule has 0 aliphatic heterocycles. The van der Waals surface area contributed by atoms with Gasteiger partial charge >= 0.3 is 0 Å². The number of para-hydroxylation sites is 3. The van der Waals surface area contributed by atoms with Crippen molar-refractivity contribution in [2.24, 2.45) is 0 Å². The Balaban J connectivity index is 1.05. The molecule has 0 bridgehead atoms. The standard InChI is InChI=1S/C49H30N4O/c1-2-12-32(13-3-1)47-50-48(52-49(51-47)36-16-11-17-37(29-36)53-43-21-7-4-18-38(43)39-19-5-8-22-44(39)53)35-15-10-14-33(28-35)34-25-24-31-26-27-41-40-20-6-9-23-45(40)54-46(41)42(31)30-34/h1-30H. The van der Waals surface area contributed by atoms with E-state index in [-0.39, 0.29) is 0 Å². The Bertz CT molecular complexity index is 3180. The Hall–Kier alpha value is -7.37. The molecule has 3 heterocycles. The van der Waals surface area contributed by atoms with E-state index in [9.17, 15) is 0 Å². The molecule has 3 aromatic heterocycles. The molecule has 0 N–H and O–H groups in total. The monoisotopic (exact) mass is 690 g/mol. The second kappa shape index (κ2) is 12.1. The molecular formula is C49H30N4O. The summed E-state index contributed by atoms with van der Waals surface area (Å²) >= 11 is 0. The lowest BCUT2D eigenvalue weighted by Gasteiger charge is -2.12. The smallest absolute Gasteiger partial charge is 0.164 e. The Labute approximate surface area is 310 Å². The maximum Gasteiger partial charge on any atom is 0.164 e. The lowest BCUT2D eigenvalue weighted by molar-refractivity contribution is 0.672. The van der Waals surface area contributed by atoms with Gasteiger partial charge in [-0.1, -0.05) is 133 Å². The molecule has 0 aliphatic carbocycles. The largest absolute Gasteiger partial charge is 0.455 e. The van der Waals surface area contributed by atoms with Gasteiger partial charge in [-0.25, -0.2) is 15.0 Å². The van der Waals surface area contributed by atoms with Gasteiger partial charge < -0.3 is 8.98 Å². The van der Waals surface area contributed by atoms with E-state index < -0.39 is 0 Å². The minimum atomic E-state index is 0.614. The first-order chi connectivity index (χ1) is 26.7. The predicted molar refractivity (Wildman–Crippen MR) is 221 cm³/mol. The molecule has 11 aromatic rings. The van der Waals surface area contributed by atoms with Gasteiger partial charge in [-0.05, 0) is 65.0 Å². The van der Waals surface area contributed by atoms with Crippen LogP contribution in [-0.4, -0.2) is 19.5 Å². The minimum absolute atomic E-state index is 0.614. The van der Waals surface area contributed by atoms with Crippen molar-refractivity contribution in [2.75, 3.05) is 0 Å². The maximum atomic E-state index is 6.41. The number of furan rings is 1. The molecule has 252 valence electrons. The third kappa shape index (κ3) is 4.90. The van der Waals surface area contributed by atoms with Crippen LogP contribution in [0.4, 0.5) is 0 Å². The van der Waals surface area contributed by atoms with E-state index in [1.807, 2.05) is 42.5 Å². The zero-order valence-electron chi connectivity index (χ0n) is 29.0. The van der Waals surface area contributed by atoms with E-state index in [0.29, 0.717) is 17.5 Å². The highest BCUT2D eigenvalue weighted by molar-refractivity contribution is 6.15. The molecule has 0 unspecified atom stereocenters. The van der Waals surface area contributed by atoms with Crippen LogP contribution >= 0.6 is 0 Å². The summed E-state index contributed by atoms with van der Waals surface area (Å²) in [5.41, 5.74) is 10.1. The van der Waals surface area contributed by atoms with Gasteiger partial charge in [0.1, 0.15) is 11.2 Å². The number of aromatic nitrogens is 4. The molecule has 0 saturated heterocycles. The molecule has 0 atom stereocenters. The van der Waals surface area contributed by atoms with Crippen LogP contribution in [-0.2, 0) is 0 Å². The molecule has 54 heavy (non-hydrogen) atoms. The van der Waals surface area contributed by atoms with Crippen LogP contribution in [0.5, 0.6) is 0 Å². The Morgan fingerprint density at radius 1 is 0.352 bits per heavy atom. The van der Waals surface area contributed by atoms with Gasteiger partial charge in [-0.15, -0.1) is 0 Å². The highest BCUT2D eigenvalue weighted by Gasteiger charge is 2.17. The lowest BCUT2D eigenvalue weighted by Crippen LogP contribution is -2.01. The van der Waals surface area contributed by atoms with Crippen molar-refractivity contribution >= 4 is 54.5 Å². The number of hydrogen-bond donors (Lipinski definition) is 0. The van der Waals surface area contributed by atoms with Crippen LogP contribution in [0.15, 0.2) is 186 Å². The Morgan fingerprint density at radius 2 is 0.907 bits per heavy atom. The molecule has 0 amide bonds. The fraction of sp³-hybridized carbons (Fsp3) is 0. The summed E-state index contributed by atoms with van der Waals surface area (Å²) in [6.07, 6.45) is 0. The second-order valence-corrected chi connectivity index (χ2v) is 13.6. The molecular weight excluding hydrogens is 661 g/mol. The van der Waals surface area contributed by atoms with E-state index in [4.69, 9.17) is 19.4 Å². The molecule has 0 radical (unpaired) electrons. The number of fused-ring (bicyclic) bond motifs is 8. The molecule has 11 rings (SSSR count). The molecule has 0 spiro atoms. The third-order valence-corrected chi connectivity index (χ3v) is 10.4. The molecule has 8 aromatic carbocycles. The summed E-state index contributed by atoms with van der Waals surface area (Å²) in [6.45, 7) is 0. The first-order valence-electron chi connectivity index (χ1n) is 18.1. The van der Waals surface area contributed by atoms with Crippen molar-refractivity contribution in [3.8, 4) is 51.0 Å². The number of hydrogen-bond acceptors (Lipinski definition) is 4. The van der Waals surface area contributed by atoms with Crippen LogP contribution in [0.2, 0.25) is 0 Å². The van der Waals surface area contributed by atoms with Crippen LogP contribution < -0.4 is 0 Å². The Kier molecular flexibility index (Phi) is 6.79. The van der Waals surface area contributed by atoms with Gasteiger partial charge in [0.05, 0.1) is 11.0 Å². The zero-order chi connectivity index (χ0) is 35.6. The van der Waals surface area contributed by atoms with Gasteiger partial charge in [0.2, 0.25) is 0 Å². The first kappa shape index (κ1) is 30.3. The average Bonchev–Trinajstić information content (AvgIpc) is 3.80. The summed E-state index contributed by atoms with van der Waals surface area (Å²) in [6, 6.07) is 63.3. The van der Waals surface area contributed by atoms with Gasteiger partial charge in [0, 0.05) is 49.3 Å². The van der Waals surface area contributed by atoms with Crippen molar-refractivity contribution in [2.45, 2.75) is 0 Å². The molecule has 5 heteroatoms. The summed E-state index contributed by atoms with van der Waals surface area (Å²) in [5, 5.41) is 6.92. The highest BCUT2D eigenvalue weighted by atomic mass is 16.3. The normalized spacial score (nSPS) is 11.7. The number of benzene rings is 8. The number of rotatable bonds is 5. The zero-order valence-corrected chi connectivity index (χ0v) is 29.0. The van der Waals surface area contributed by atoms with Crippen molar-refractivity contribution in [1.82, 2.24) is 19.5 Å². The predicted octanol–water partition coefficient (Wildman–Crippen LogP) is 12.7. The first-order valence-corrected chi connectivity index (χ1v) is 18.1. The van der Waals surface area contributed by atoms with Crippen molar-refractivity contribution in [3.05, 3.63) is 182 Å².